The van der Waals surface area contributed by atoms with Crippen molar-refractivity contribution in [2.24, 2.45) is 0 Å². The molecule has 0 saturated heterocycles. The summed E-state index contributed by atoms with van der Waals surface area (Å²) >= 11 is 4.68. The number of carbonyl (C=O) groups is 1. The Morgan fingerprint density at radius 1 is 1.20 bits per heavy atom. The lowest BCUT2D eigenvalue weighted by atomic mass is 10.3. The first kappa shape index (κ1) is 21.9. The molecule has 2 aromatic carbocycles. The molecule has 3 rings (SSSR count). The number of para-hydroxylation sites is 2. The maximum atomic E-state index is 12.3. The molecule has 0 bridgehead atoms. The molecule has 3 aromatic rings. The standard InChI is InChI=1S/C21H21BrN4O3S/c1-3-12-26-19(13-29-18-7-5-4-6-17(18)28-2)24-25-21(26)30-14-20(27)23-16-10-8-15(22)9-11-16/h3-11H,1,12-14H2,2H3,(H,23,27). The van der Waals surface area contributed by atoms with Gasteiger partial charge in [0.15, 0.2) is 22.5 Å². The van der Waals surface area contributed by atoms with Crippen LogP contribution in [0.5, 0.6) is 11.5 Å². The summed E-state index contributed by atoms with van der Waals surface area (Å²) in [6.45, 7) is 4.52. The van der Waals surface area contributed by atoms with Gasteiger partial charge in [0, 0.05) is 16.7 Å². The summed E-state index contributed by atoms with van der Waals surface area (Å²) in [5, 5.41) is 11.9. The van der Waals surface area contributed by atoms with Crippen molar-refractivity contribution in [3.63, 3.8) is 0 Å². The molecule has 1 heterocycles. The minimum atomic E-state index is -0.123. The van der Waals surface area contributed by atoms with Crippen molar-refractivity contribution >= 4 is 39.3 Å². The molecule has 30 heavy (non-hydrogen) atoms. The highest BCUT2D eigenvalue weighted by Crippen LogP contribution is 2.27. The Hall–Kier alpha value is -2.78. The molecule has 0 atom stereocenters. The average molecular weight is 489 g/mol. The minimum absolute atomic E-state index is 0.123. The smallest absolute Gasteiger partial charge is 0.234 e. The van der Waals surface area contributed by atoms with Crippen molar-refractivity contribution in [2.75, 3.05) is 18.2 Å². The van der Waals surface area contributed by atoms with Crippen molar-refractivity contribution in [1.29, 1.82) is 0 Å². The van der Waals surface area contributed by atoms with Gasteiger partial charge in [-0.2, -0.15) is 0 Å². The number of allylic oxidation sites excluding steroid dienone is 1. The van der Waals surface area contributed by atoms with Crippen LogP contribution in [0.25, 0.3) is 0 Å². The Labute approximate surface area is 187 Å². The number of carbonyl (C=O) groups excluding carboxylic acids is 1. The zero-order valence-electron chi connectivity index (χ0n) is 16.4. The predicted octanol–water partition coefficient (Wildman–Crippen LogP) is 4.55. The van der Waals surface area contributed by atoms with E-state index in [0.717, 1.165) is 10.2 Å². The van der Waals surface area contributed by atoms with Crippen molar-refractivity contribution in [3.05, 3.63) is 71.5 Å². The second-order valence-corrected chi connectivity index (χ2v) is 7.94. The summed E-state index contributed by atoms with van der Waals surface area (Å²) in [7, 11) is 1.59. The van der Waals surface area contributed by atoms with Gasteiger partial charge in [-0.3, -0.25) is 9.36 Å². The number of amides is 1. The molecule has 0 aliphatic carbocycles. The lowest BCUT2D eigenvalue weighted by molar-refractivity contribution is -0.113. The molecule has 0 radical (unpaired) electrons. The van der Waals surface area contributed by atoms with Crippen molar-refractivity contribution < 1.29 is 14.3 Å². The molecule has 9 heteroatoms. The fraction of sp³-hybridized carbons (Fsp3) is 0.190. The molecule has 0 aliphatic heterocycles. The van der Waals surface area contributed by atoms with Crippen LogP contribution in [0.4, 0.5) is 5.69 Å². The molecule has 0 fully saturated rings. The molecule has 1 aromatic heterocycles. The van der Waals surface area contributed by atoms with Gasteiger partial charge in [-0.1, -0.05) is 45.9 Å². The van der Waals surface area contributed by atoms with E-state index in [1.54, 1.807) is 13.2 Å². The van der Waals surface area contributed by atoms with Crippen LogP contribution in [0.2, 0.25) is 0 Å². The van der Waals surface area contributed by atoms with E-state index >= 15 is 0 Å². The van der Waals surface area contributed by atoms with Crippen molar-refractivity contribution in [3.8, 4) is 11.5 Å². The summed E-state index contributed by atoms with van der Waals surface area (Å²) in [5.74, 6) is 1.99. The number of rotatable bonds is 10. The number of methoxy groups -OCH3 is 1. The molecule has 0 aliphatic rings. The Morgan fingerprint density at radius 2 is 1.93 bits per heavy atom. The molecule has 7 nitrogen and oxygen atoms in total. The number of hydrogen-bond acceptors (Lipinski definition) is 6. The van der Waals surface area contributed by atoms with Crippen LogP contribution in [-0.4, -0.2) is 33.5 Å². The van der Waals surface area contributed by atoms with Crippen LogP contribution < -0.4 is 14.8 Å². The first-order chi connectivity index (χ1) is 14.6. The van der Waals surface area contributed by atoms with Gasteiger partial charge in [-0.15, -0.1) is 16.8 Å². The van der Waals surface area contributed by atoms with Gasteiger partial charge >= 0.3 is 0 Å². The van der Waals surface area contributed by atoms with E-state index in [-0.39, 0.29) is 18.3 Å². The maximum absolute atomic E-state index is 12.3. The number of anilines is 1. The van der Waals surface area contributed by atoms with Gasteiger partial charge in [0.05, 0.1) is 12.9 Å². The highest BCUT2D eigenvalue weighted by Gasteiger charge is 2.15. The Morgan fingerprint density at radius 3 is 2.63 bits per heavy atom. The van der Waals surface area contributed by atoms with Crippen LogP contribution in [0.1, 0.15) is 5.82 Å². The van der Waals surface area contributed by atoms with Crippen LogP contribution in [0.15, 0.2) is 70.8 Å². The number of nitrogens with zero attached hydrogens (tertiary/aromatic N) is 3. The lowest BCUT2D eigenvalue weighted by Crippen LogP contribution is -2.15. The Balaban J connectivity index is 1.62. The SMILES string of the molecule is C=CCn1c(COc2ccccc2OC)nnc1SCC(=O)Nc1ccc(Br)cc1. The van der Waals surface area contributed by atoms with E-state index in [1.165, 1.54) is 11.8 Å². The molecular formula is C21H21BrN4O3S. The molecule has 0 spiro atoms. The van der Waals surface area contributed by atoms with Crippen LogP contribution in [0, 0.1) is 0 Å². The number of aromatic nitrogens is 3. The van der Waals surface area contributed by atoms with E-state index < -0.39 is 0 Å². The highest BCUT2D eigenvalue weighted by atomic mass is 79.9. The maximum Gasteiger partial charge on any atom is 0.234 e. The fourth-order valence-electron chi connectivity index (χ4n) is 2.59. The topological polar surface area (TPSA) is 78.3 Å². The number of ether oxygens (including phenoxy) is 2. The summed E-state index contributed by atoms with van der Waals surface area (Å²) < 4.78 is 14.0. The first-order valence-electron chi connectivity index (χ1n) is 9.07. The third kappa shape index (κ3) is 5.87. The Kier molecular flexibility index (Phi) is 7.92. The number of thioether (sulfide) groups is 1. The second kappa shape index (κ2) is 10.8. The number of halogens is 1. The normalized spacial score (nSPS) is 10.5. The zero-order chi connectivity index (χ0) is 21.3. The fourth-order valence-corrected chi connectivity index (χ4v) is 3.62. The summed E-state index contributed by atoms with van der Waals surface area (Å²) in [6, 6.07) is 14.8. The number of benzene rings is 2. The van der Waals surface area contributed by atoms with Gasteiger partial charge in [-0.05, 0) is 36.4 Å². The predicted molar refractivity (Wildman–Crippen MR) is 121 cm³/mol. The van der Waals surface area contributed by atoms with Crippen LogP contribution >= 0.6 is 27.7 Å². The molecule has 0 saturated carbocycles. The first-order valence-corrected chi connectivity index (χ1v) is 10.9. The Bertz CT molecular complexity index is 1010. The van der Waals surface area contributed by atoms with Gasteiger partial charge in [0.25, 0.3) is 0 Å². The monoisotopic (exact) mass is 488 g/mol. The summed E-state index contributed by atoms with van der Waals surface area (Å²) in [6.07, 6.45) is 1.75. The minimum Gasteiger partial charge on any atom is -0.493 e. The summed E-state index contributed by atoms with van der Waals surface area (Å²) in [5.41, 5.74) is 0.738. The third-order valence-electron chi connectivity index (χ3n) is 3.99. The van der Waals surface area contributed by atoms with Gasteiger partial charge < -0.3 is 14.8 Å². The van der Waals surface area contributed by atoms with Gasteiger partial charge in [0.1, 0.15) is 6.61 Å². The van der Waals surface area contributed by atoms with E-state index in [0.29, 0.717) is 29.0 Å². The van der Waals surface area contributed by atoms with Crippen LogP contribution in [-0.2, 0) is 17.9 Å². The van der Waals surface area contributed by atoms with E-state index in [2.05, 4.69) is 38.0 Å². The highest BCUT2D eigenvalue weighted by molar-refractivity contribution is 9.10. The number of hydrogen-bond donors (Lipinski definition) is 1. The van der Waals surface area contributed by atoms with E-state index in [4.69, 9.17) is 9.47 Å². The second-order valence-electron chi connectivity index (χ2n) is 6.08. The third-order valence-corrected chi connectivity index (χ3v) is 5.49. The molecule has 1 amide bonds. The molecular weight excluding hydrogens is 468 g/mol. The van der Waals surface area contributed by atoms with Crippen molar-refractivity contribution in [1.82, 2.24) is 14.8 Å². The quantitative estimate of drug-likeness (QED) is 0.333. The van der Waals surface area contributed by atoms with E-state index in [9.17, 15) is 4.79 Å². The zero-order valence-corrected chi connectivity index (χ0v) is 18.8. The molecule has 156 valence electrons. The molecule has 1 N–H and O–H groups in total. The summed E-state index contributed by atoms with van der Waals surface area (Å²) in [4.78, 5) is 12.3. The molecule has 0 unspecified atom stereocenters. The van der Waals surface area contributed by atoms with Crippen molar-refractivity contribution in [2.45, 2.75) is 18.3 Å². The number of nitrogens with one attached hydrogen (secondary N) is 1. The van der Waals surface area contributed by atoms with Crippen LogP contribution in [0.3, 0.4) is 0 Å². The largest absolute Gasteiger partial charge is 0.493 e. The average Bonchev–Trinajstić information content (AvgIpc) is 3.14. The van der Waals surface area contributed by atoms with Gasteiger partial charge in [0.2, 0.25) is 5.91 Å². The van der Waals surface area contributed by atoms with Gasteiger partial charge in [-0.25, -0.2) is 0 Å². The lowest BCUT2D eigenvalue weighted by Gasteiger charge is -2.11. The van der Waals surface area contributed by atoms with E-state index in [1.807, 2.05) is 53.1 Å².